The van der Waals surface area contributed by atoms with E-state index in [1.807, 2.05) is 30.3 Å². The molecule has 0 unspecified atom stereocenters. The molecule has 4 rings (SSSR count). The van der Waals surface area contributed by atoms with Gasteiger partial charge in [-0.1, -0.05) is 23.4 Å². The van der Waals surface area contributed by atoms with Gasteiger partial charge in [0.2, 0.25) is 0 Å². The second-order valence-electron chi connectivity index (χ2n) is 7.49. The van der Waals surface area contributed by atoms with Crippen molar-refractivity contribution in [3.63, 3.8) is 0 Å². The molecule has 7 heteroatoms. The Morgan fingerprint density at radius 3 is 2.41 bits per heavy atom. The highest BCUT2D eigenvalue weighted by Crippen LogP contribution is 2.21. The van der Waals surface area contributed by atoms with Crippen molar-refractivity contribution < 1.29 is 9.63 Å². The number of rotatable bonds is 6. The van der Waals surface area contributed by atoms with Crippen LogP contribution in [-0.2, 0) is 6.54 Å². The second-order valence-corrected chi connectivity index (χ2v) is 7.49. The van der Waals surface area contributed by atoms with Gasteiger partial charge >= 0.3 is 0 Å². The minimum atomic E-state index is 0.264. The molecule has 3 heterocycles. The Morgan fingerprint density at radius 2 is 1.70 bits per heavy atom. The van der Waals surface area contributed by atoms with Crippen LogP contribution in [0.4, 0.5) is 0 Å². The van der Waals surface area contributed by atoms with E-state index in [0.29, 0.717) is 11.9 Å². The number of hydrogen-bond acceptors (Lipinski definition) is 7. The van der Waals surface area contributed by atoms with E-state index in [1.54, 1.807) is 0 Å². The number of β-amino-alcohol motifs (C(OH)–C–C–N with tert-alkyl or cyclic N) is 1. The summed E-state index contributed by atoms with van der Waals surface area (Å²) in [5.74, 6) is 1.37. The summed E-state index contributed by atoms with van der Waals surface area (Å²) >= 11 is 0. The Bertz CT molecular complexity index is 691. The molecule has 0 saturated carbocycles. The van der Waals surface area contributed by atoms with Gasteiger partial charge in [-0.3, -0.25) is 14.7 Å². The summed E-state index contributed by atoms with van der Waals surface area (Å²) in [5.41, 5.74) is 0.968. The summed E-state index contributed by atoms with van der Waals surface area (Å²) in [4.78, 5) is 12.0. The molecule has 1 aromatic carbocycles. The lowest BCUT2D eigenvalue weighted by Gasteiger charge is -2.42. The molecule has 2 fully saturated rings. The molecule has 0 atom stereocenters. The van der Waals surface area contributed by atoms with E-state index in [2.05, 4.69) is 24.8 Å². The van der Waals surface area contributed by atoms with Crippen LogP contribution >= 0.6 is 0 Å². The van der Waals surface area contributed by atoms with Crippen LogP contribution in [0.3, 0.4) is 0 Å². The molecule has 2 aliphatic heterocycles. The first-order valence-electron chi connectivity index (χ1n) is 9.99. The van der Waals surface area contributed by atoms with Crippen LogP contribution in [0.15, 0.2) is 34.9 Å². The third-order valence-corrected chi connectivity index (χ3v) is 5.75. The van der Waals surface area contributed by atoms with Gasteiger partial charge in [-0.05, 0) is 25.0 Å². The third-order valence-electron chi connectivity index (χ3n) is 5.75. The van der Waals surface area contributed by atoms with Crippen LogP contribution in [0, 0.1) is 0 Å². The summed E-state index contributed by atoms with van der Waals surface area (Å²) in [6, 6.07) is 10.6. The monoisotopic (exact) mass is 371 g/mol. The molecule has 2 saturated heterocycles. The van der Waals surface area contributed by atoms with Crippen LogP contribution in [0.25, 0.3) is 11.5 Å². The molecule has 0 radical (unpaired) electrons. The molecular weight excluding hydrogens is 342 g/mol. The number of aliphatic hydroxyl groups is 1. The highest BCUT2D eigenvalue weighted by Gasteiger charge is 2.27. The van der Waals surface area contributed by atoms with E-state index in [1.165, 1.54) is 12.8 Å². The maximum absolute atomic E-state index is 9.07. The smallest absolute Gasteiger partial charge is 0.257 e. The minimum absolute atomic E-state index is 0.264. The number of nitrogens with zero attached hydrogens (tertiary/aromatic N) is 5. The summed E-state index contributed by atoms with van der Waals surface area (Å²) in [6.07, 6.45) is 2.40. The number of hydrogen-bond donors (Lipinski definition) is 1. The molecule has 0 bridgehead atoms. The van der Waals surface area contributed by atoms with E-state index in [9.17, 15) is 0 Å². The maximum Gasteiger partial charge on any atom is 0.257 e. The van der Waals surface area contributed by atoms with E-state index in [0.717, 1.165) is 63.7 Å². The number of piperidine rings is 1. The second kappa shape index (κ2) is 8.93. The standard InChI is InChI=1S/C20H29N5O2/c26-15-14-23-10-12-25(13-11-23)18-6-8-24(9-7-18)16-19-21-20(27-22-19)17-4-2-1-3-5-17/h1-5,18,26H,6-16H2. The zero-order chi connectivity index (χ0) is 18.5. The van der Waals surface area contributed by atoms with Crippen molar-refractivity contribution in [2.75, 3.05) is 52.4 Å². The lowest BCUT2D eigenvalue weighted by molar-refractivity contribution is 0.0510. The lowest BCUT2D eigenvalue weighted by atomic mass is 10.0. The maximum atomic E-state index is 9.07. The van der Waals surface area contributed by atoms with Crippen molar-refractivity contribution >= 4 is 0 Å². The predicted molar refractivity (Wildman–Crippen MR) is 103 cm³/mol. The first-order chi connectivity index (χ1) is 13.3. The van der Waals surface area contributed by atoms with Gasteiger partial charge in [-0.25, -0.2) is 0 Å². The SMILES string of the molecule is OCCN1CCN(C2CCN(Cc3noc(-c4ccccc4)n3)CC2)CC1. The van der Waals surface area contributed by atoms with Gasteiger partial charge in [-0.15, -0.1) is 0 Å². The molecule has 0 aliphatic carbocycles. The summed E-state index contributed by atoms with van der Waals surface area (Å²) in [6.45, 7) is 8.38. The molecule has 2 aromatic rings. The number of aliphatic hydroxyl groups excluding tert-OH is 1. The van der Waals surface area contributed by atoms with Crippen LogP contribution in [0.2, 0.25) is 0 Å². The van der Waals surface area contributed by atoms with Gasteiger partial charge in [0.05, 0.1) is 13.2 Å². The van der Waals surface area contributed by atoms with Gasteiger partial charge < -0.3 is 9.63 Å². The normalized spacial score (nSPS) is 20.9. The summed E-state index contributed by atoms with van der Waals surface area (Å²) in [7, 11) is 0. The van der Waals surface area contributed by atoms with Gasteiger partial charge in [-0.2, -0.15) is 4.98 Å². The fraction of sp³-hybridized carbons (Fsp3) is 0.600. The Hall–Kier alpha value is -1.80. The molecule has 146 valence electrons. The summed E-state index contributed by atoms with van der Waals surface area (Å²) in [5, 5.41) is 13.2. The number of piperazine rings is 1. The number of likely N-dealkylation sites (tertiary alicyclic amines) is 1. The van der Waals surface area contributed by atoms with Gasteiger partial charge in [0.1, 0.15) is 0 Å². The van der Waals surface area contributed by atoms with E-state index < -0.39 is 0 Å². The van der Waals surface area contributed by atoms with Crippen molar-refractivity contribution in [1.82, 2.24) is 24.8 Å². The molecular formula is C20H29N5O2. The zero-order valence-corrected chi connectivity index (χ0v) is 15.8. The van der Waals surface area contributed by atoms with Crippen LogP contribution in [-0.4, -0.2) is 88.4 Å². The van der Waals surface area contributed by atoms with Crippen molar-refractivity contribution in [2.24, 2.45) is 0 Å². The van der Waals surface area contributed by atoms with Crippen molar-refractivity contribution in [3.05, 3.63) is 36.2 Å². The predicted octanol–water partition coefficient (Wildman–Crippen LogP) is 1.31. The Labute approximate surface area is 160 Å². The van der Waals surface area contributed by atoms with Crippen LogP contribution in [0.1, 0.15) is 18.7 Å². The first-order valence-corrected chi connectivity index (χ1v) is 9.99. The van der Waals surface area contributed by atoms with Crippen molar-refractivity contribution in [2.45, 2.75) is 25.4 Å². The molecule has 1 aromatic heterocycles. The highest BCUT2D eigenvalue weighted by atomic mass is 16.5. The number of aromatic nitrogens is 2. The van der Waals surface area contributed by atoms with Crippen LogP contribution < -0.4 is 0 Å². The average Bonchev–Trinajstić information content (AvgIpc) is 3.19. The zero-order valence-electron chi connectivity index (χ0n) is 15.8. The molecule has 2 aliphatic rings. The fourth-order valence-corrected chi connectivity index (χ4v) is 4.15. The number of benzene rings is 1. The topological polar surface area (TPSA) is 68.9 Å². The van der Waals surface area contributed by atoms with E-state index >= 15 is 0 Å². The molecule has 27 heavy (non-hydrogen) atoms. The van der Waals surface area contributed by atoms with Crippen molar-refractivity contribution in [1.29, 1.82) is 0 Å². The largest absolute Gasteiger partial charge is 0.395 e. The quantitative estimate of drug-likeness (QED) is 0.821. The first kappa shape index (κ1) is 18.6. The fourth-order valence-electron chi connectivity index (χ4n) is 4.15. The molecule has 1 N–H and O–H groups in total. The van der Waals surface area contributed by atoms with Crippen molar-refractivity contribution in [3.8, 4) is 11.5 Å². The Morgan fingerprint density at radius 1 is 0.963 bits per heavy atom. The van der Waals surface area contributed by atoms with Gasteiger partial charge in [0.25, 0.3) is 5.89 Å². The molecule has 7 nitrogen and oxygen atoms in total. The van der Waals surface area contributed by atoms with E-state index in [4.69, 9.17) is 9.63 Å². The van der Waals surface area contributed by atoms with E-state index in [-0.39, 0.29) is 6.61 Å². The van der Waals surface area contributed by atoms with Gasteiger partial charge in [0, 0.05) is 57.4 Å². The molecule has 0 amide bonds. The highest BCUT2D eigenvalue weighted by molar-refractivity contribution is 5.51. The Balaban J connectivity index is 1.24. The van der Waals surface area contributed by atoms with Gasteiger partial charge in [0.15, 0.2) is 5.82 Å². The summed E-state index contributed by atoms with van der Waals surface area (Å²) < 4.78 is 5.42. The molecule has 0 spiro atoms. The lowest BCUT2D eigenvalue weighted by Crippen LogP contribution is -2.53. The Kier molecular flexibility index (Phi) is 6.14. The third kappa shape index (κ3) is 4.73. The van der Waals surface area contributed by atoms with Crippen LogP contribution in [0.5, 0.6) is 0 Å². The average molecular weight is 371 g/mol. The minimum Gasteiger partial charge on any atom is -0.395 e.